The molecule has 0 radical (unpaired) electrons. The summed E-state index contributed by atoms with van der Waals surface area (Å²) >= 11 is 0. The molecule has 0 spiro atoms. The zero-order chi connectivity index (χ0) is 16.8. The Hall–Kier alpha value is -0.633. The van der Waals surface area contributed by atoms with Gasteiger partial charge in [-0.15, -0.1) is 0 Å². The van der Waals surface area contributed by atoms with Crippen molar-refractivity contribution in [3.63, 3.8) is 0 Å². The summed E-state index contributed by atoms with van der Waals surface area (Å²) in [7, 11) is 0.226. The zero-order valence-electron chi connectivity index (χ0n) is 15.5. The van der Waals surface area contributed by atoms with Gasteiger partial charge in [-0.25, -0.2) is 4.39 Å². The third kappa shape index (κ3) is 4.94. The van der Waals surface area contributed by atoms with Crippen LogP contribution in [0.5, 0.6) is 0 Å². The predicted octanol–water partition coefficient (Wildman–Crippen LogP) is 6.47. The van der Waals surface area contributed by atoms with Crippen LogP contribution in [0.15, 0.2) is 24.3 Å². The lowest BCUT2D eigenvalue weighted by molar-refractivity contribution is 0.186. The highest BCUT2D eigenvalue weighted by molar-refractivity contribution is 6.37. The van der Waals surface area contributed by atoms with Gasteiger partial charge < -0.3 is 0 Å². The van der Waals surface area contributed by atoms with Gasteiger partial charge in [0.15, 0.2) is 0 Å². The SMILES string of the molecule is CCCC[SiH2]C1CCC(C2CCC(c3ccc(F)cc3)CC2)CC1. The quantitative estimate of drug-likeness (QED) is 0.409. The lowest BCUT2D eigenvalue weighted by Crippen LogP contribution is -2.25. The van der Waals surface area contributed by atoms with Gasteiger partial charge in [0.25, 0.3) is 0 Å². The number of unbranched alkanes of at least 4 members (excludes halogenated alkanes) is 1. The van der Waals surface area contributed by atoms with E-state index >= 15 is 0 Å². The van der Waals surface area contributed by atoms with Crippen LogP contribution in [0.1, 0.15) is 82.6 Å². The van der Waals surface area contributed by atoms with Gasteiger partial charge in [-0.2, -0.15) is 0 Å². The number of hydrogen-bond acceptors (Lipinski definition) is 0. The fourth-order valence-corrected chi connectivity index (χ4v) is 7.70. The van der Waals surface area contributed by atoms with E-state index in [-0.39, 0.29) is 15.3 Å². The van der Waals surface area contributed by atoms with E-state index in [0.29, 0.717) is 5.92 Å². The number of halogens is 1. The lowest BCUT2D eigenvalue weighted by atomic mass is 9.70. The van der Waals surface area contributed by atoms with Crippen LogP contribution in [0, 0.1) is 17.7 Å². The Bertz CT molecular complexity index is 467. The van der Waals surface area contributed by atoms with E-state index in [4.69, 9.17) is 0 Å². The molecule has 0 N–H and O–H groups in total. The van der Waals surface area contributed by atoms with Crippen LogP contribution in [0.3, 0.4) is 0 Å². The smallest absolute Gasteiger partial charge is 0.123 e. The van der Waals surface area contributed by atoms with E-state index in [2.05, 4.69) is 6.92 Å². The van der Waals surface area contributed by atoms with E-state index < -0.39 is 0 Å². The molecule has 0 amide bonds. The number of rotatable bonds is 6. The van der Waals surface area contributed by atoms with Gasteiger partial charge in [-0.1, -0.05) is 69.2 Å². The van der Waals surface area contributed by atoms with Crippen molar-refractivity contribution in [2.24, 2.45) is 11.8 Å². The predicted molar refractivity (Wildman–Crippen MR) is 105 cm³/mol. The largest absolute Gasteiger partial charge is 0.207 e. The molecular formula is C22H35FSi. The summed E-state index contributed by atoms with van der Waals surface area (Å²) in [4.78, 5) is 0. The summed E-state index contributed by atoms with van der Waals surface area (Å²) < 4.78 is 13.1. The van der Waals surface area contributed by atoms with Crippen molar-refractivity contribution in [1.29, 1.82) is 0 Å². The first-order valence-electron chi connectivity index (χ1n) is 10.5. The van der Waals surface area contributed by atoms with Gasteiger partial charge in [0, 0.05) is 9.52 Å². The van der Waals surface area contributed by atoms with Gasteiger partial charge >= 0.3 is 0 Å². The highest BCUT2D eigenvalue weighted by Gasteiger charge is 2.31. The molecule has 24 heavy (non-hydrogen) atoms. The number of hydrogen-bond donors (Lipinski definition) is 0. The first kappa shape index (κ1) is 18.2. The van der Waals surface area contributed by atoms with E-state index in [9.17, 15) is 4.39 Å². The minimum Gasteiger partial charge on any atom is -0.207 e. The zero-order valence-corrected chi connectivity index (χ0v) is 16.9. The Labute approximate surface area is 150 Å². The minimum atomic E-state index is -0.105. The Morgan fingerprint density at radius 1 is 0.875 bits per heavy atom. The van der Waals surface area contributed by atoms with E-state index in [1.54, 1.807) is 31.0 Å². The van der Waals surface area contributed by atoms with Crippen molar-refractivity contribution in [2.75, 3.05) is 0 Å². The van der Waals surface area contributed by atoms with Crippen LogP contribution in [0.4, 0.5) is 4.39 Å². The average molecular weight is 347 g/mol. The Balaban J connectivity index is 1.40. The van der Waals surface area contributed by atoms with Gasteiger partial charge in [-0.05, 0) is 61.1 Å². The molecule has 2 aliphatic carbocycles. The monoisotopic (exact) mass is 346 g/mol. The molecule has 2 fully saturated rings. The van der Waals surface area contributed by atoms with Crippen LogP contribution in [-0.4, -0.2) is 9.52 Å². The molecule has 134 valence electrons. The molecule has 1 aromatic rings. The van der Waals surface area contributed by atoms with Gasteiger partial charge in [0.1, 0.15) is 5.82 Å². The lowest BCUT2D eigenvalue weighted by Gasteiger charge is -2.38. The maximum absolute atomic E-state index is 13.1. The van der Waals surface area contributed by atoms with Gasteiger partial charge in [0.05, 0.1) is 0 Å². The maximum Gasteiger partial charge on any atom is 0.123 e. The Morgan fingerprint density at radius 2 is 1.46 bits per heavy atom. The van der Waals surface area contributed by atoms with E-state index in [0.717, 1.165) is 11.8 Å². The molecular weight excluding hydrogens is 311 g/mol. The fraction of sp³-hybridized carbons (Fsp3) is 0.727. The molecule has 0 heterocycles. The second-order valence-electron chi connectivity index (χ2n) is 8.44. The molecule has 0 bridgehead atoms. The molecule has 0 nitrogen and oxygen atoms in total. The van der Waals surface area contributed by atoms with Crippen molar-refractivity contribution < 1.29 is 4.39 Å². The molecule has 0 atom stereocenters. The normalized spacial score (nSPS) is 31.6. The summed E-state index contributed by atoms with van der Waals surface area (Å²) in [5.74, 6) is 2.59. The van der Waals surface area contributed by atoms with E-state index in [1.165, 1.54) is 62.5 Å². The second-order valence-corrected chi connectivity index (χ2v) is 10.9. The third-order valence-corrected chi connectivity index (χ3v) is 9.43. The molecule has 0 aliphatic heterocycles. The Morgan fingerprint density at radius 3 is 2.04 bits per heavy atom. The van der Waals surface area contributed by atoms with Crippen molar-refractivity contribution in [3.05, 3.63) is 35.6 Å². The van der Waals surface area contributed by atoms with E-state index in [1.807, 2.05) is 12.1 Å². The molecule has 0 saturated heterocycles. The highest BCUT2D eigenvalue weighted by Crippen LogP contribution is 2.44. The van der Waals surface area contributed by atoms with Crippen molar-refractivity contribution in [2.45, 2.75) is 88.6 Å². The fourth-order valence-electron chi connectivity index (χ4n) is 5.29. The molecule has 3 rings (SSSR count). The van der Waals surface area contributed by atoms with Crippen LogP contribution in [0.2, 0.25) is 11.6 Å². The topological polar surface area (TPSA) is 0 Å². The first-order valence-corrected chi connectivity index (χ1v) is 12.3. The van der Waals surface area contributed by atoms with Crippen molar-refractivity contribution in [3.8, 4) is 0 Å². The van der Waals surface area contributed by atoms with Crippen molar-refractivity contribution >= 4 is 9.52 Å². The molecule has 2 heteroatoms. The third-order valence-electron chi connectivity index (χ3n) is 6.89. The molecule has 2 aliphatic rings. The number of benzene rings is 1. The highest BCUT2D eigenvalue weighted by atomic mass is 28.2. The molecule has 2 saturated carbocycles. The molecule has 1 aromatic carbocycles. The maximum atomic E-state index is 13.1. The summed E-state index contributed by atoms with van der Waals surface area (Å²) in [6.45, 7) is 2.33. The average Bonchev–Trinajstić information content (AvgIpc) is 2.63. The van der Waals surface area contributed by atoms with Crippen molar-refractivity contribution in [1.82, 2.24) is 0 Å². The standard InChI is InChI=1S/C22H35FSi/c1-2-3-16-24-22-14-10-20(11-15-22)18-6-4-17(5-7-18)19-8-12-21(23)13-9-19/h8-9,12-13,17-18,20,22H,2-7,10-11,14-16,24H2,1H3. The summed E-state index contributed by atoms with van der Waals surface area (Å²) in [5, 5.41) is 0. The summed E-state index contributed by atoms with van der Waals surface area (Å²) in [5.41, 5.74) is 2.53. The Kier molecular flexibility index (Phi) is 6.94. The molecule has 0 aromatic heterocycles. The van der Waals surface area contributed by atoms with Crippen LogP contribution >= 0.6 is 0 Å². The first-order chi connectivity index (χ1) is 11.8. The van der Waals surface area contributed by atoms with Gasteiger partial charge in [-0.3, -0.25) is 0 Å². The van der Waals surface area contributed by atoms with Gasteiger partial charge in [0.2, 0.25) is 0 Å². The van der Waals surface area contributed by atoms with Crippen LogP contribution in [0.25, 0.3) is 0 Å². The second kappa shape index (κ2) is 9.17. The summed E-state index contributed by atoms with van der Waals surface area (Å²) in [6, 6.07) is 8.86. The van der Waals surface area contributed by atoms with Crippen LogP contribution < -0.4 is 0 Å². The minimum absolute atomic E-state index is 0.105. The summed E-state index contributed by atoms with van der Waals surface area (Å²) in [6.07, 6.45) is 14.5. The van der Waals surface area contributed by atoms with Crippen LogP contribution in [-0.2, 0) is 0 Å². The molecule has 0 unspecified atom stereocenters.